The minimum atomic E-state index is 0.204. The van der Waals surface area contributed by atoms with Gasteiger partial charge in [-0.1, -0.05) is 0 Å². The molecule has 2 aliphatic heterocycles. The van der Waals surface area contributed by atoms with Crippen LogP contribution < -0.4 is 11.1 Å². The maximum absolute atomic E-state index is 5.86. The van der Waals surface area contributed by atoms with Crippen LogP contribution in [0.4, 0.5) is 0 Å². The molecule has 2 saturated heterocycles. The van der Waals surface area contributed by atoms with E-state index in [9.17, 15) is 0 Å². The molecule has 3 heteroatoms. The van der Waals surface area contributed by atoms with Crippen molar-refractivity contribution >= 4 is 0 Å². The zero-order valence-electron chi connectivity index (χ0n) is 7.51. The van der Waals surface area contributed by atoms with Crippen molar-refractivity contribution in [2.45, 2.75) is 24.9 Å². The highest BCUT2D eigenvalue weighted by molar-refractivity contribution is 4.92. The van der Waals surface area contributed by atoms with E-state index in [0.29, 0.717) is 5.92 Å². The standard InChI is InChI=1S/C9H18N2O/c10-6-8-5-9(12-7-8)1-3-11-4-2-9/h8,11H,1-7,10H2/t8-/m0/s1. The summed E-state index contributed by atoms with van der Waals surface area (Å²) in [5, 5.41) is 3.36. The Hall–Kier alpha value is -0.120. The third kappa shape index (κ3) is 1.49. The zero-order valence-corrected chi connectivity index (χ0v) is 7.51. The van der Waals surface area contributed by atoms with Gasteiger partial charge in [0.1, 0.15) is 0 Å². The van der Waals surface area contributed by atoms with Gasteiger partial charge in [-0.25, -0.2) is 0 Å². The van der Waals surface area contributed by atoms with Gasteiger partial charge in [0.05, 0.1) is 12.2 Å². The first-order chi connectivity index (χ1) is 5.85. The summed E-state index contributed by atoms with van der Waals surface area (Å²) in [6.07, 6.45) is 3.53. The summed E-state index contributed by atoms with van der Waals surface area (Å²) in [6.45, 7) is 3.89. The Morgan fingerprint density at radius 1 is 1.42 bits per heavy atom. The van der Waals surface area contributed by atoms with Crippen LogP contribution in [0.2, 0.25) is 0 Å². The van der Waals surface area contributed by atoms with E-state index in [2.05, 4.69) is 5.32 Å². The van der Waals surface area contributed by atoms with Gasteiger partial charge in [-0.2, -0.15) is 0 Å². The predicted octanol–water partition coefficient (Wildman–Crippen LogP) is 0.104. The second-order valence-electron chi connectivity index (χ2n) is 4.05. The van der Waals surface area contributed by atoms with Crippen molar-refractivity contribution in [3.8, 4) is 0 Å². The molecular weight excluding hydrogens is 152 g/mol. The lowest BCUT2D eigenvalue weighted by Gasteiger charge is -2.32. The number of ether oxygens (including phenoxy) is 1. The molecule has 2 aliphatic rings. The van der Waals surface area contributed by atoms with E-state index in [1.54, 1.807) is 0 Å². The third-order valence-electron chi connectivity index (χ3n) is 3.13. The fourth-order valence-corrected chi connectivity index (χ4v) is 2.32. The number of nitrogens with one attached hydrogen (secondary N) is 1. The summed E-state index contributed by atoms with van der Waals surface area (Å²) < 4.78 is 5.86. The molecule has 0 aliphatic carbocycles. The van der Waals surface area contributed by atoms with Gasteiger partial charge >= 0.3 is 0 Å². The van der Waals surface area contributed by atoms with Gasteiger partial charge in [0.2, 0.25) is 0 Å². The monoisotopic (exact) mass is 170 g/mol. The molecule has 2 fully saturated rings. The Labute approximate surface area is 73.7 Å². The lowest BCUT2D eigenvalue weighted by Crippen LogP contribution is -2.41. The number of nitrogens with two attached hydrogens (primary N) is 1. The van der Waals surface area contributed by atoms with Crippen molar-refractivity contribution in [2.75, 3.05) is 26.2 Å². The molecule has 0 aromatic carbocycles. The topological polar surface area (TPSA) is 47.3 Å². The quantitative estimate of drug-likeness (QED) is 0.587. The highest BCUT2D eigenvalue weighted by Crippen LogP contribution is 2.36. The number of hydrogen-bond acceptors (Lipinski definition) is 3. The van der Waals surface area contributed by atoms with Crippen LogP contribution >= 0.6 is 0 Å². The van der Waals surface area contributed by atoms with Crippen molar-refractivity contribution in [1.82, 2.24) is 5.32 Å². The Balaban J connectivity index is 1.94. The molecule has 0 bridgehead atoms. The van der Waals surface area contributed by atoms with Gasteiger partial charge in [0, 0.05) is 0 Å². The van der Waals surface area contributed by atoms with Gasteiger partial charge in [-0.05, 0) is 44.8 Å². The molecule has 0 amide bonds. The highest BCUT2D eigenvalue weighted by atomic mass is 16.5. The van der Waals surface area contributed by atoms with Crippen molar-refractivity contribution in [1.29, 1.82) is 0 Å². The number of rotatable bonds is 1. The summed E-state index contributed by atoms with van der Waals surface area (Å²) in [5.74, 6) is 0.614. The molecule has 12 heavy (non-hydrogen) atoms. The van der Waals surface area contributed by atoms with E-state index in [-0.39, 0.29) is 5.60 Å². The fourth-order valence-electron chi connectivity index (χ4n) is 2.32. The van der Waals surface area contributed by atoms with Crippen molar-refractivity contribution in [3.05, 3.63) is 0 Å². The lowest BCUT2D eigenvalue weighted by molar-refractivity contribution is -0.0196. The van der Waals surface area contributed by atoms with Crippen molar-refractivity contribution < 1.29 is 4.74 Å². The smallest absolute Gasteiger partial charge is 0.0710 e. The van der Waals surface area contributed by atoms with E-state index in [1.807, 2.05) is 0 Å². The van der Waals surface area contributed by atoms with Gasteiger partial charge < -0.3 is 15.8 Å². The van der Waals surface area contributed by atoms with Crippen LogP contribution in [0.15, 0.2) is 0 Å². The Morgan fingerprint density at radius 3 is 2.75 bits per heavy atom. The molecule has 0 radical (unpaired) electrons. The van der Waals surface area contributed by atoms with Crippen LogP contribution in [0.5, 0.6) is 0 Å². The summed E-state index contributed by atoms with van der Waals surface area (Å²) in [4.78, 5) is 0. The normalized spacial score (nSPS) is 34.2. The summed E-state index contributed by atoms with van der Waals surface area (Å²) in [6, 6.07) is 0. The summed E-state index contributed by atoms with van der Waals surface area (Å²) in [5.41, 5.74) is 5.83. The van der Waals surface area contributed by atoms with Gasteiger partial charge in [-0.15, -0.1) is 0 Å². The molecular formula is C9H18N2O. The Kier molecular flexibility index (Phi) is 2.35. The highest BCUT2D eigenvalue weighted by Gasteiger charge is 2.40. The predicted molar refractivity (Wildman–Crippen MR) is 47.9 cm³/mol. The first-order valence-corrected chi connectivity index (χ1v) is 4.89. The van der Waals surface area contributed by atoms with E-state index < -0.39 is 0 Å². The molecule has 0 saturated carbocycles. The van der Waals surface area contributed by atoms with Crippen LogP contribution in [0, 0.1) is 5.92 Å². The summed E-state index contributed by atoms with van der Waals surface area (Å²) in [7, 11) is 0. The Bertz CT molecular complexity index is 155. The molecule has 3 nitrogen and oxygen atoms in total. The van der Waals surface area contributed by atoms with Crippen molar-refractivity contribution in [3.63, 3.8) is 0 Å². The average molecular weight is 170 g/mol. The van der Waals surface area contributed by atoms with E-state index in [4.69, 9.17) is 10.5 Å². The molecule has 70 valence electrons. The van der Waals surface area contributed by atoms with Crippen LogP contribution in [0.1, 0.15) is 19.3 Å². The van der Waals surface area contributed by atoms with Crippen LogP contribution in [0.3, 0.4) is 0 Å². The van der Waals surface area contributed by atoms with Crippen LogP contribution in [0.25, 0.3) is 0 Å². The number of piperidine rings is 1. The van der Waals surface area contributed by atoms with E-state index in [0.717, 1.165) is 26.2 Å². The van der Waals surface area contributed by atoms with Gasteiger partial charge in [-0.3, -0.25) is 0 Å². The molecule has 1 spiro atoms. The molecule has 0 aromatic rings. The maximum Gasteiger partial charge on any atom is 0.0710 e. The average Bonchev–Trinajstić information content (AvgIpc) is 2.50. The van der Waals surface area contributed by atoms with Gasteiger partial charge in [0.25, 0.3) is 0 Å². The second-order valence-corrected chi connectivity index (χ2v) is 4.05. The minimum Gasteiger partial charge on any atom is -0.375 e. The first kappa shape index (κ1) is 8.48. The third-order valence-corrected chi connectivity index (χ3v) is 3.13. The van der Waals surface area contributed by atoms with Gasteiger partial charge in [0.15, 0.2) is 0 Å². The molecule has 2 heterocycles. The molecule has 0 aromatic heterocycles. The SMILES string of the molecule is NC[C@H]1COC2(CCNCC2)C1. The number of hydrogen-bond donors (Lipinski definition) is 2. The molecule has 3 N–H and O–H groups in total. The lowest BCUT2D eigenvalue weighted by atomic mass is 9.86. The fraction of sp³-hybridized carbons (Fsp3) is 1.00. The molecule has 1 atom stereocenters. The van der Waals surface area contributed by atoms with Crippen molar-refractivity contribution in [2.24, 2.45) is 11.7 Å². The van der Waals surface area contributed by atoms with E-state index in [1.165, 1.54) is 19.3 Å². The largest absolute Gasteiger partial charge is 0.375 e. The summed E-state index contributed by atoms with van der Waals surface area (Å²) >= 11 is 0. The zero-order chi connectivity index (χ0) is 8.44. The Morgan fingerprint density at radius 2 is 2.17 bits per heavy atom. The minimum absolute atomic E-state index is 0.204. The first-order valence-electron chi connectivity index (χ1n) is 4.89. The second kappa shape index (κ2) is 3.32. The van der Waals surface area contributed by atoms with Crippen LogP contribution in [-0.2, 0) is 4.74 Å². The molecule has 0 unspecified atom stereocenters. The van der Waals surface area contributed by atoms with Crippen LogP contribution in [-0.4, -0.2) is 31.8 Å². The van der Waals surface area contributed by atoms with E-state index >= 15 is 0 Å². The maximum atomic E-state index is 5.86. The molecule has 2 rings (SSSR count).